The number of para-hydroxylation sites is 2. The van der Waals surface area contributed by atoms with E-state index in [4.69, 9.17) is 4.42 Å². The molecule has 0 saturated carbocycles. The Balaban J connectivity index is 1.63. The van der Waals surface area contributed by atoms with Crippen LogP contribution in [0.2, 0.25) is 0 Å². The average Bonchev–Trinajstić information content (AvgIpc) is 2.82. The molecule has 1 aromatic carbocycles. The van der Waals surface area contributed by atoms with Crippen molar-refractivity contribution in [3.8, 4) is 0 Å². The number of aromatic nitrogens is 2. The number of rotatable bonds is 4. The smallest absolute Gasteiger partial charge is 0.256 e. The van der Waals surface area contributed by atoms with E-state index < -0.39 is 0 Å². The summed E-state index contributed by atoms with van der Waals surface area (Å²) < 4.78 is 5.64. The van der Waals surface area contributed by atoms with Crippen molar-refractivity contribution >= 4 is 22.9 Å². The van der Waals surface area contributed by atoms with Gasteiger partial charge in [0.15, 0.2) is 5.58 Å². The summed E-state index contributed by atoms with van der Waals surface area (Å²) in [4.78, 5) is 8.52. The molecule has 0 unspecified atom stereocenters. The molecule has 0 N–H and O–H groups in total. The van der Waals surface area contributed by atoms with Crippen LogP contribution in [0.4, 0.5) is 0 Å². The molecule has 0 aliphatic carbocycles. The average molecular weight is 256 g/mol. The van der Waals surface area contributed by atoms with Crippen molar-refractivity contribution in [2.24, 2.45) is 0 Å². The minimum atomic E-state index is 0.736. The van der Waals surface area contributed by atoms with Crippen molar-refractivity contribution in [2.75, 3.05) is 5.75 Å². The van der Waals surface area contributed by atoms with Gasteiger partial charge in [-0.2, -0.15) is 0 Å². The van der Waals surface area contributed by atoms with Crippen LogP contribution in [-0.4, -0.2) is 15.7 Å². The number of hydrogen-bond donors (Lipinski definition) is 0. The number of oxazole rings is 1. The van der Waals surface area contributed by atoms with E-state index in [1.807, 2.05) is 36.5 Å². The van der Waals surface area contributed by atoms with E-state index in [0.29, 0.717) is 0 Å². The lowest BCUT2D eigenvalue weighted by atomic mass is 10.2. The molecule has 2 aromatic heterocycles. The highest BCUT2D eigenvalue weighted by molar-refractivity contribution is 7.99. The summed E-state index contributed by atoms with van der Waals surface area (Å²) in [5, 5.41) is 0.736. The molecule has 18 heavy (non-hydrogen) atoms. The Labute approximate surface area is 109 Å². The molecular formula is C14H12N2OS. The van der Waals surface area contributed by atoms with Crippen molar-refractivity contribution in [3.63, 3.8) is 0 Å². The Morgan fingerprint density at radius 2 is 2.06 bits per heavy atom. The van der Waals surface area contributed by atoms with E-state index in [2.05, 4.69) is 16.0 Å². The SMILES string of the molecule is c1cncc(CCSc2nc3ccccc3o2)c1. The van der Waals surface area contributed by atoms with Crippen LogP contribution < -0.4 is 0 Å². The molecule has 0 saturated heterocycles. The molecule has 0 aliphatic rings. The summed E-state index contributed by atoms with van der Waals surface area (Å²) in [5.74, 6) is 0.943. The number of hydrogen-bond acceptors (Lipinski definition) is 4. The van der Waals surface area contributed by atoms with E-state index in [0.717, 1.165) is 28.5 Å². The largest absolute Gasteiger partial charge is 0.431 e. The lowest BCUT2D eigenvalue weighted by Crippen LogP contribution is -1.88. The van der Waals surface area contributed by atoms with E-state index >= 15 is 0 Å². The molecule has 0 amide bonds. The van der Waals surface area contributed by atoms with Crippen molar-refractivity contribution in [3.05, 3.63) is 54.4 Å². The molecular weight excluding hydrogens is 244 g/mol. The third kappa shape index (κ3) is 2.54. The van der Waals surface area contributed by atoms with Gasteiger partial charge in [-0.1, -0.05) is 30.0 Å². The third-order valence-electron chi connectivity index (χ3n) is 2.61. The van der Waals surface area contributed by atoms with Crippen molar-refractivity contribution in [2.45, 2.75) is 11.6 Å². The molecule has 2 heterocycles. The summed E-state index contributed by atoms with van der Waals surface area (Å²) in [7, 11) is 0. The fourth-order valence-electron chi connectivity index (χ4n) is 1.72. The number of pyridine rings is 1. The van der Waals surface area contributed by atoms with Gasteiger partial charge in [-0.15, -0.1) is 0 Å². The molecule has 0 atom stereocenters. The van der Waals surface area contributed by atoms with E-state index in [1.165, 1.54) is 5.56 Å². The third-order valence-corrected chi connectivity index (χ3v) is 3.44. The molecule has 0 aliphatic heterocycles. The molecule has 0 radical (unpaired) electrons. The molecule has 3 rings (SSSR count). The highest BCUT2D eigenvalue weighted by Gasteiger charge is 2.05. The highest BCUT2D eigenvalue weighted by Crippen LogP contribution is 2.23. The van der Waals surface area contributed by atoms with Gasteiger partial charge in [0.1, 0.15) is 5.52 Å². The van der Waals surface area contributed by atoms with Gasteiger partial charge >= 0.3 is 0 Å². The zero-order chi connectivity index (χ0) is 12.2. The molecule has 0 spiro atoms. The van der Waals surface area contributed by atoms with Gasteiger partial charge in [-0.05, 0) is 30.2 Å². The van der Waals surface area contributed by atoms with E-state index in [9.17, 15) is 0 Å². The topological polar surface area (TPSA) is 38.9 Å². The Morgan fingerprint density at radius 1 is 1.11 bits per heavy atom. The van der Waals surface area contributed by atoms with Crippen molar-refractivity contribution < 1.29 is 4.42 Å². The molecule has 0 fully saturated rings. The maximum atomic E-state index is 5.64. The van der Waals surface area contributed by atoms with Gasteiger partial charge in [0, 0.05) is 18.1 Å². The number of aryl methyl sites for hydroxylation is 1. The maximum Gasteiger partial charge on any atom is 0.256 e. The normalized spacial score (nSPS) is 10.9. The lowest BCUT2D eigenvalue weighted by molar-refractivity contribution is 0.489. The molecule has 90 valence electrons. The first-order valence-electron chi connectivity index (χ1n) is 5.79. The van der Waals surface area contributed by atoms with Crippen LogP contribution in [0.1, 0.15) is 5.56 Å². The Kier molecular flexibility index (Phi) is 3.28. The predicted molar refractivity (Wildman–Crippen MR) is 72.7 cm³/mol. The second kappa shape index (κ2) is 5.23. The summed E-state index contributed by atoms with van der Waals surface area (Å²) in [6.45, 7) is 0. The standard InChI is InChI=1S/C14H12N2OS/c1-2-6-13-12(5-1)16-14(17-13)18-9-7-11-4-3-8-15-10-11/h1-6,8,10H,7,9H2. The first-order valence-corrected chi connectivity index (χ1v) is 6.78. The Bertz CT molecular complexity index is 603. The molecule has 3 nitrogen and oxygen atoms in total. The Morgan fingerprint density at radius 3 is 2.89 bits per heavy atom. The summed E-state index contributed by atoms with van der Waals surface area (Å²) in [6.07, 6.45) is 4.65. The monoisotopic (exact) mass is 256 g/mol. The second-order valence-electron chi connectivity index (χ2n) is 3.91. The summed E-state index contributed by atoms with van der Waals surface area (Å²) in [6, 6.07) is 11.9. The number of thioether (sulfide) groups is 1. The van der Waals surface area contributed by atoms with Crippen molar-refractivity contribution in [1.29, 1.82) is 0 Å². The van der Waals surface area contributed by atoms with Gasteiger partial charge in [0.2, 0.25) is 0 Å². The Hall–Kier alpha value is -1.81. The van der Waals surface area contributed by atoms with Crippen LogP contribution in [0.5, 0.6) is 0 Å². The molecule has 3 aromatic rings. The van der Waals surface area contributed by atoms with E-state index in [-0.39, 0.29) is 0 Å². The van der Waals surface area contributed by atoms with Gasteiger partial charge in [-0.25, -0.2) is 4.98 Å². The van der Waals surface area contributed by atoms with Crippen LogP contribution in [0.3, 0.4) is 0 Å². The van der Waals surface area contributed by atoms with E-state index in [1.54, 1.807) is 18.0 Å². The van der Waals surface area contributed by atoms with Gasteiger partial charge in [0.05, 0.1) is 0 Å². The lowest BCUT2D eigenvalue weighted by Gasteiger charge is -1.97. The first kappa shape index (κ1) is 11.3. The van der Waals surface area contributed by atoms with Crippen LogP contribution >= 0.6 is 11.8 Å². The predicted octanol–water partition coefficient (Wildman–Crippen LogP) is 3.56. The summed E-state index contributed by atoms with van der Waals surface area (Å²) in [5.41, 5.74) is 3.00. The number of fused-ring (bicyclic) bond motifs is 1. The summed E-state index contributed by atoms with van der Waals surface area (Å²) >= 11 is 1.64. The van der Waals surface area contributed by atoms with Gasteiger partial charge < -0.3 is 4.42 Å². The minimum absolute atomic E-state index is 0.736. The van der Waals surface area contributed by atoms with Crippen molar-refractivity contribution in [1.82, 2.24) is 9.97 Å². The highest BCUT2D eigenvalue weighted by atomic mass is 32.2. The van der Waals surface area contributed by atoms with Crippen LogP contribution in [0.25, 0.3) is 11.1 Å². The maximum absolute atomic E-state index is 5.64. The number of benzene rings is 1. The zero-order valence-corrected chi connectivity index (χ0v) is 10.6. The first-order chi connectivity index (χ1) is 8.92. The fourth-order valence-corrected chi connectivity index (χ4v) is 2.54. The van der Waals surface area contributed by atoms with Crippen LogP contribution in [0.15, 0.2) is 58.4 Å². The minimum Gasteiger partial charge on any atom is -0.431 e. The fraction of sp³-hybridized carbons (Fsp3) is 0.143. The molecule has 0 bridgehead atoms. The second-order valence-corrected chi connectivity index (χ2v) is 4.95. The zero-order valence-electron chi connectivity index (χ0n) is 9.74. The molecule has 4 heteroatoms. The van der Waals surface area contributed by atoms with Gasteiger partial charge in [0.25, 0.3) is 5.22 Å². The van der Waals surface area contributed by atoms with Crippen LogP contribution in [0, 0.1) is 0 Å². The van der Waals surface area contributed by atoms with Crippen LogP contribution in [-0.2, 0) is 6.42 Å². The quantitative estimate of drug-likeness (QED) is 0.669. The number of nitrogens with zero attached hydrogens (tertiary/aromatic N) is 2. The van der Waals surface area contributed by atoms with Gasteiger partial charge in [-0.3, -0.25) is 4.98 Å².